The van der Waals surface area contributed by atoms with Gasteiger partial charge < -0.3 is 5.73 Å². The van der Waals surface area contributed by atoms with E-state index in [0.717, 1.165) is 11.3 Å². The van der Waals surface area contributed by atoms with E-state index in [0.29, 0.717) is 5.82 Å². The van der Waals surface area contributed by atoms with Gasteiger partial charge in [-0.15, -0.1) is 11.8 Å². The molecular formula is C12H15N3S. The summed E-state index contributed by atoms with van der Waals surface area (Å²) < 4.78 is 1.69. The molecular weight excluding hydrogens is 218 g/mol. The first-order chi connectivity index (χ1) is 7.61. The van der Waals surface area contributed by atoms with Crippen LogP contribution in [-0.4, -0.2) is 16.0 Å². The van der Waals surface area contributed by atoms with Gasteiger partial charge in [-0.25, -0.2) is 0 Å². The number of nitrogens with two attached hydrogens (primary N) is 1. The molecule has 0 saturated heterocycles. The van der Waals surface area contributed by atoms with Crippen LogP contribution in [0.1, 0.15) is 5.56 Å². The molecule has 0 radical (unpaired) electrons. The van der Waals surface area contributed by atoms with Crippen molar-refractivity contribution in [3.8, 4) is 11.3 Å². The van der Waals surface area contributed by atoms with Gasteiger partial charge in [0, 0.05) is 23.6 Å². The Morgan fingerprint density at radius 2 is 2.06 bits per heavy atom. The second-order valence-corrected chi connectivity index (χ2v) is 4.61. The number of anilines is 1. The molecule has 0 amide bonds. The van der Waals surface area contributed by atoms with E-state index in [-0.39, 0.29) is 0 Å². The molecule has 2 N–H and O–H groups in total. The first kappa shape index (κ1) is 11.1. The molecule has 0 aliphatic rings. The van der Waals surface area contributed by atoms with Gasteiger partial charge in [0.2, 0.25) is 0 Å². The minimum Gasteiger partial charge on any atom is -0.384 e. The molecule has 2 aromatic rings. The third-order valence-electron chi connectivity index (χ3n) is 2.62. The number of nitrogens with zero attached hydrogens (tertiary/aromatic N) is 2. The maximum Gasteiger partial charge on any atom is 0.121 e. The summed E-state index contributed by atoms with van der Waals surface area (Å²) in [6.45, 7) is 2.11. The van der Waals surface area contributed by atoms with E-state index in [9.17, 15) is 0 Å². The van der Waals surface area contributed by atoms with Gasteiger partial charge in [0.15, 0.2) is 0 Å². The quantitative estimate of drug-likeness (QED) is 0.811. The van der Waals surface area contributed by atoms with Crippen LogP contribution in [0, 0.1) is 6.92 Å². The number of nitrogen functional groups attached to an aromatic ring is 1. The van der Waals surface area contributed by atoms with E-state index in [2.05, 4.69) is 36.5 Å². The lowest BCUT2D eigenvalue weighted by Crippen LogP contribution is -1.96. The van der Waals surface area contributed by atoms with Crippen LogP contribution in [0.15, 0.2) is 29.2 Å². The Bertz CT molecular complexity index is 497. The van der Waals surface area contributed by atoms with Gasteiger partial charge in [0.1, 0.15) is 5.82 Å². The van der Waals surface area contributed by atoms with Crippen LogP contribution in [0.3, 0.4) is 0 Å². The van der Waals surface area contributed by atoms with E-state index in [4.69, 9.17) is 5.73 Å². The zero-order valence-corrected chi connectivity index (χ0v) is 10.5. The SMILES string of the molecule is CSc1cc(-c2cc(N)n(C)n2)ccc1C. The van der Waals surface area contributed by atoms with Crippen molar-refractivity contribution in [2.24, 2.45) is 7.05 Å². The molecule has 0 aliphatic heterocycles. The van der Waals surface area contributed by atoms with Crippen LogP contribution in [0.4, 0.5) is 5.82 Å². The average Bonchev–Trinajstić information content (AvgIpc) is 2.60. The van der Waals surface area contributed by atoms with E-state index < -0.39 is 0 Å². The number of benzene rings is 1. The van der Waals surface area contributed by atoms with E-state index in [1.54, 1.807) is 16.4 Å². The number of hydrogen-bond acceptors (Lipinski definition) is 3. The Morgan fingerprint density at radius 1 is 1.31 bits per heavy atom. The highest BCUT2D eigenvalue weighted by Crippen LogP contribution is 2.27. The monoisotopic (exact) mass is 233 g/mol. The predicted octanol–water partition coefficient (Wildman–Crippen LogP) is 2.70. The number of rotatable bonds is 2. The lowest BCUT2D eigenvalue weighted by atomic mass is 10.1. The predicted molar refractivity (Wildman–Crippen MR) is 69.6 cm³/mol. The molecule has 84 valence electrons. The van der Waals surface area contributed by atoms with E-state index in [1.165, 1.54) is 10.5 Å². The Hall–Kier alpha value is -1.42. The lowest BCUT2D eigenvalue weighted by molar-refractivity contribution is 0.782. The smallest absolute Gasteiger partial charge is 0.121 e. The second-order valence-electron chi connectivity index (χ2n) is 3.76. The summed E-state index contributed by atoms with van der Waals surface area (Å²) in [7, 11) is 1.85. The van der Waals surface area contributed by atoms with Crippen LogP contribution >= 0.6 is 11.8 Å². The van der Waals surface area contributed by atoms with Gasteiger partial charge in [-0.1, -0.05) is 12.1 Å². The minimum absolute atomic E-state index is 0.682. The van der Waals surface area contributed by atoms with E-state index in [1.807, 2.05) is 13.1 Å². The molecule has 1 aromatic heterocycles. The van der Waals surface area contributed by atoms with Crippen molar-refractivity contribution < 1.29 is 0 Å². The van der Waals surface area contributed by atoms with Crippen LogP contribution < -0.4 is 5.73 Å². The maximum absolute atomic E-state index is 5.77. The largest absolute Gasteiger partial charge is 0.384 e. The summed E-state index contributed by atoms with van der Waals surface area (Å²) in [6.07, 6.45) is 2.08. The van der Waals surface area contributed by atoms with Gasteiger partial charge >= 0.3 is 0 Å². The molecule has 1 aromatic carbocycles. The highest BCUT2D eigenvalue weighted by molar-refractivity contribution is 7.98. The summed E-state index contributed by atoms with van der Waals surface area (Å²) in [5, 5.41) is 4.37. The molecule has 0 unspecified atom stereocenters. The van der Waals surface area contributed by atoms with Crippen molar-refractivity contribution in [3.63, 3.8) is 0 Å². The fourth-order valence-corrected chi connectivity index (χ4v) is 2.24. The fourth-order valence-electron chi connectivity index (χ4n) is 1.60. The molecule has 0 atom stereocenters. The topological polar surface area (TPSA) is 43.8 Å². The molecule has 0 spiro atoms. The van der Waals surface area contributed by atoms with Gasteiger partial charge in [0.05, 0.1) is 5.69 Å². The number of aromatic nitrogens is 2. The fraction of sp³-hybridized carbons (Fsp3) is 0.250. The third kappa shape index (κ3) is 1.93. The first-order valence-electron chi connectivity index (χ1n) is 5.06. The first-order valence-corrected chi connectivity index (χ1v) is 6.29. The van der Waals surface area contributed by atoms with Crippen LogP contribution in [0.5, 0.6) is 0 Å². The highest BCUT2D eigenvalue weighted by Gasteiger charge is 2.06. The van der Waals surface area contributed by atoms with Crippen molar-refractivity contribution in [1.29, 1.82) is 0 Å². The molecule has 4 heteroatoms. The second kappa shape index (κ2) is 4.22. The van der Waals surface area contributed by atoms with Crippen molar-refractivity contribution in [2.75, 3.05) is 12.0 Å². The molecule has 0 saturated carbocycles. The minimum atomic E-state index is 0.682. The summed E-state index contributed by atoms with van der Waals surface area (Å²) in [5.41, 5.74) is 9.10. The van der Waals surface area contributed by atoms with Crippen molar-refractivity contribution in [3.05, 3.63) is 29.8 Å². The molecule has 0 bridgehead atoms. The van der Waals surface area contributed by atoms with Crippen molar-refractivity contribution in [1.82, 2.24) is 9.78 Å². The van der Waals surface area contributed by atoms with Gasteiger partial charge in [-0.2, -0.15) is 5.10 Å². The Morgan fingerprint density at radius 3 is 2.62 bits per heavy atom. The third-order valence-corrected chi connectivity index (χ3v) is 3.50. The average molecular weight is 233 g/mol. The zero-order chi connectivity index (χ0) is 11.7. The number of thioether (sulfide) groups is 1. The van der Waals surface area contributed by atoms with Gasteiger partial charge in [-0.05, 0) is 24.8 Å². The molecule has 16 heavy (non-hydrogen) atoms. The molecule has 2 rings (SSSR count). The summed E-state index contributed by atoms with van der Waals surface area (Å²) in [5.74, 6) is 0.682. The van der Waals surface area contributed by atoms with Crippen LogP contribution in [0.25, 0.3) is 11.3 Å². The van der Waals surface area contributed by atoms with Crippen LogP contribution in [0.2, 0.25) is 0 Å². The molecule has 0 aliphatic carbocycles. The lowest BCUT2D eigenvalue weighted by Gasteiger charge is -2.04. The number of aryl methyl sites for hydroxylation is 2. The normalized spacial score (nSPS) is 10.7. The Balaban J connectivity index is 2.48. The van der Waals surface area contributed by atoms with Gasteiger partial charge in [0.25, 0.3) is 0 Å². The maximum atomic E-state index is 5.77. The Kier molecular flexibility index (Phi) is 2.92. The molecule has 0 fully saturated rings. The van der Waals surface area contributed by atoms with Crippen molar-refractivity contribution in [2.45, 2.75) is 11.8 Å². The summed E-state index contributed by atoms with van der Waals surface area (Å²) in [6, 6.07) is 8.25. The summed E-state index contributed by atoms with van der Waals surface area (Å²) >= 11 is 1.75. The van der Waals surface area contributed by atoms with Crippen LogP contribution in [-0.2, 0) is 7.05 Å². The zero-order valence-electron chi connectivity index (χ0n) is 9.69. The summed E-state index contributed by atoms with van der Waals surface area (Å²) in [4.78, 5) is 1.28. The standard InChI is InChI=1S/C12H15N3S/c1-8-4-5-9(6-11(8)16-3)10-7-12(13)15(2)14-10/h4-7H,13H2,1-3H3. The van der Waals surface area contributed by atoms with Crippen molar-refractivity contribution >= 4 is 17.6 Å². The molecule has 3 nitrogen and oxygen atoms in total. The number of hydrogen-bond donors (Lipinski definition) is 1. The highest BCUT2D eigenvalue weighted by atomic mass is 32.2. The van der Waals surface area contributed by atoms with E-state index >= 15 is 0 Å². The van der Waals surface area contributed by atoms with Gasteiger partial charge in [-0.3, -0.25) is 4.68 Å². The molecule has 1 heterocycles. The Labute approximate surface area is 99.7 Å².